The molecule has 8 aromatic rings. The number of hydrogen-bond donors (Lipinski definition) is 0. The molecular weight excluding hydrogens is 929 g/mol. The minimum Gasteiger partial charge on any atom is -0.0613 e. The van der Waals surface area contributed by atoms with Crippen LogP contribution in [-0.2, 0) is 32.5 Å². The average Bonchev–Trinajstić information content (AvgIpc) is 3.55. The van der Waals surface area contributed by atoms with Gasteiger partial charge in [0.15, 0.2) is 0 Å². The number of rotatable bonds is 4. The highest BCUT2D eigenvalue weighted by Crippen LogP contribution is 2.63. The molecule has 0 spiro atoms. The lowest BCUT2D eigenvalue weighted by molar-refractivity contribution is 0.588. The van der Waals surface area contributed by atoms with E-state index in [-0.39, 0.29) is 21.7 Å². The van der Waals surface area contributed by atoms with E-state index in [0.29, 0.717) is 0 Å². The van der Waals surface area contributed by atoms with E-state index in [0.717, 1.165) is 8.95 Å². The van der Waals surface area contributed by atoms with Crippen molar-refractivity contribution >= 4 is 42.6 Å². The van der Waals surface area contributed by atoms with Gasteiger partial charge in [0.25, 0.3) is 0 Å². The predicted molar refractivity (Wildman–Crippen MR) is 289 cm³/mol. The summed E-state index contributed by atoms with van der Waals surface area (Å²) in [5, 5.41) is 2.61. The molecule has 2 aliphatic carbocycles. The maximum Gasteiger partial charge on any atom is 0.0714 e. The van der Waals surface area contributed by atoms with Gasteiger partial charge in [0, 0.05) is 8.95 Å². The fourth-order valence-electron chi connectivity index (χ4n) is 11.5. The molecule has 0 aromatic heterocycles. The lowest BCUT2D eigenvalue weighted by Gasteiger charge is -2.43. The van der Waals surface area contributed by atoms with Gasteiger partial charge in [-0.15, -0.1) is 0 Å². The van der Waals surface area contributed by atoms with E-state index in [9.17, 15) is 0 Å². The highest BCUT2D eigenvalue weighted by atomic mass is 79.9. The van der Waals surface area contributed by atoms with Crippen LogP contribution < -0.4 is 0 Å². The Labute approximate surface area is 411 Å². The quantitative estimate of drug-likeness (QED) is 0.165. The predicted octanol–water partition coefficient (Wildman–Crippen LogP) is 18.3. The fraction of sp³-hybridized carbons (Fsp3) is 0.281. The van der Waals surface area contributed by atoms with Gasteiger partial charge in [-0.2, -0.15) is 0 Å². The Hall–Kier alpha value is -5.02. The third-order valence-electron chi connectivity index (χ3n) is 15.0. The summed E-state index contributed by atoms with van der Waals surface area (Å²) in [6.07, 6.45) is 0. The summed E-state index contributed by atoms with van der Waals surface area (Å²) < 4.78 is 2.15. The Bertz CT molecular complexity index is 3070. The third kappa shape index (κ3) is 6.78. The summed E-state index contributed by atoms with van der Waals surface area (Å²) in [5.74, 6) is 0. The molecule has 0 N–H and O–H groups in total. The monoisotopic (exact) mass is 988 g/mol. The molecule has 332 valence electrons. The lowest BCUT2D eigenvalue weighted by atomic mass is 9.58. The number of hydrogen-bond acceptors (Lipinski definition) is 0. The van der Waals surface area contributed by atoms with E-state index >= 15 is 0 Å². The number of fused-ring (bicyclic) bond motifs is 6. The second kappa shape index (κ2) is 15.2. The van der Waals surface area contributed by atoms with Crippen molar-refractivity contribution in [3.63, 3.8) is 0 Å². The molecule has 2 aliphatic rings. The van der Waals surface area contributed by atoms with Crippen LogP contribution in [0.5, 0.6) is 0 Å². The van der Waals surface area contributed by atoms with E-state index in [2.05, 4.69) is 273 Å². The molecule has 0 heterocycles. The highest BCUT2D eigenvalue weighted by molar-refractivity contribution is 9.10. The summed E-state index contributed by atoms with van der Waals surface area (Å²) in [4.78, 5) is 0. The van der Waals surface area contributed by atoms with Crippen molar-refractivity contribution < 1.29 is 0 Å². The standard InChI is InChI=1S/C64H62Br2/c1-59(2,3)39-16-24-43(25-17-39)63(44-26-18-40(19-27-44)60(4,5)6)53-15-13-14-51-57-50-35-33-48(66)37-55(50)64(45-28-20-41(21-29-45)61(7,8)9,46-30-22-42(23-31-46)62(10,11)12)56(57)38-52(58(51)53)49-34-32-47(65)36-54(49)63/h13-38H,1-12H3. The van der Waals surface area contributed by atoms with E-state index in [4.69, 9.17) is 0 Å². The zero-order chi connectivity index (χ0) is 46.9. The first-order chi connectivity index (χ1) is 31.0. The second-order valence-electron chi connectivity index (χ2n) is 23.3. The van der Waals surface area contributed by atoms with Crippen molar-refractivity contribution in [2.24, 2.45) is 0 Å². The van der Waals surface area contributed by atoms with E-state index in [1.807, 2.05) is 0 Å². The van der Waals surface area contributed by atoms with Crippen molar-refractivity contribution in [3.05, 3.63) is 233 Å². The largest absolute Gasteiger partial charge is 0.0714 e. The van der Waals surface area contributed by atoms with Gasteiger partial charge in [-0.3, -0.25) is 0 Å². The Balaban J connectivity index is 1.38. The van der Waals surface area contributed by atoms with Crippen LogP contribution in [0.15, 0.2) is 167 Å². The number of halogens is 2. The molecule has 0 unspecified atom stereocenters. The number of benzene rings is 8. The molecule has 0 nitrogen and oxygen atoms in total. The van der Waals surface area contributed by atoms with Gasteiger partial charge >= 0.3 is 0 Å². The van der Waals surface area contributed by atoms with Crippen LogP contribution in [-0.4, -0.2) is 0 Å². The van der Waals surface area contributed by atoms with Gasteiger partial charge in [-0.05, 0) is 152 Å². The molecule has 0 saturated heterocycles. The smallest absolute Gasteiger partial charge is 0.0613 e. The minimum absolute atomic E-state index is 0.0235. The van der Waals surface area contributed by atoms with E-state index in [1.165, 1.54) is 99.8 Å². The first-order valence-electron chi connectivity index (χ1n) is 23.7. The summed E-state index contributed by atoms with van der Waals surface area (Å²) >= 11 is 8.04. The van der Waals surface area contributed by atoms with Crippen LogP contribution in [0.2, 0.25) is 0 Å². The van der Waals surface area contributed by atoms with E-state index < -0.39 is 10.8 Å². The van der Waals surface area contributed by atoms with Gasteiger partial charge < -0.3 is 0 Å². The Morgan fingerprint density at radius 1 is 0.318 bits per heavy atom. The molecule has 0 atom stereocenters. The lowest BCUT2D eigenvalue weighted by Crippen LogP contribution is -2.34. The molecule has 2 heteroatoms. The third-order valence-corrected chi connectivity index (χ3v) is 16.0. The minimum atomic E-state index is -0.615. The van der Waals surface area contributed by atoms with Crippen molar-refractivity contribution in [2.75, 3.05) is 0 Å². The maximum atomic E-state index is 4.03. The molecule has 66 heavy (non-hydrogen) atoms. The van der Waals surface area contributed by atoms with Crippen molar-refractivity contribution in [3.8, 4) is 22.3 Å². The first kappa shape index (κ1) is 44.8. The van der Waals surface area contributed by atoms with Crippen LogP contribution in [0.4, 0.5) is 0 Å². The van der Waals surface area contributed by atoms with Gasteiger partial charge in [0.2, 0.25) is 0 Å². The van der Waals surface area contributed by atoms with Crippen LogP contribution in [0.25, 0.3) is 33.0 Å². The summed E-state index contributed by atoms with van der Waals surface area (Å²) in [6.45, 7) is 27.7. The molecule has 0 amide bonds. The van der Waals surface area contributed by atoms with Crippen molar-refractivity contribution in [2.45, 2.75) is 116 Å². The summed E-state index contributed by atoms with van der Waals surface area (Å²) in [6, 6.07) is 62.2. The summed E-state index contributed by atoms with van der Waals surface area (Å²) in [5.41, 5.74) is 19.7. The SMILES string of the molecule is CC(C)(C)c1ccc(C2(c3ccc(C(C)(C)C)cc3)c3cc(Br)ccc3-c3c2cc2c4c(cccc34)C(c3ccc(C(C)(C)C)cc3)(c3ccc(C(C)(C)C)cc3)c3cc(Br)ccc3-2)cc1. The molecule has 10 rings (SSSR count). The highest BCUT2D eigenvalue weighted by Gasteiger charge is 2.50. The van der Waals surface area contributed by atoms with Crippen LogP contribution in [0.1, 0.15) is 150 Å². The maximum absolute atomic E-state index is 4.03. The molecule has 0 bridgehead atoms. The Kier molecular flexibility index (Phi) is 10.3. The van der Waals surface area contributed by atoms with Crippen molar-refractivity contribution in [1.82, 2.24) is 0 Å². The van der Waals surface area contributed by atoms with Gasteiger partial charge in [0.05, 0.1) is 10.8 Å². The Morgan fingerprint density at radius 3 is 1.05 bits per heavy atom. The zero-order valence-electron chi connectivity index (χ0n) is 40.8. The average molecular weight is 991 g/mol. The molecular formula is C64H62Br2. The molecule has 0 fully saturated rings. The molecule has 0 aliphatic heterocycles. The van der Waals surface area contributed by atoms with Crippen molar-refractivity contribution in [1.29, 1.82) is 0 Å². The molecule has 8 aromatic carbocycles. The Morgan fingerprint density at radius 2 is 0.667 bits per heavy atom. The van der Waals surface area contributed by atoms with Gasteiger partial charge in [0.1, 0.15) is 0 Å². The van der Waals surface area contributed by atoms with Crippen LogP contribution in [0.3, 0.4) is 0 Å². The van der Waals surface area contributed by atoms with Gasteiger partial charge in [-0.25, -0.2) is 0 Å². The molecule has 0 saturated carbocycles. The fourth-order valence-corrected chi connectivity index (χ4v) is 12.2. The first-order valence-corrected chi connectivity index (χ1v) is 25.3. The molecule has 0 radical (unpaired) electrons. The van der Waals surface area contributed by atoms with Crippen LogP contribution in [0, 0.1) is 0 Å². The van der Waals surface area contributed by atoms with E-state index in [1.54, 1.807) is 0 Å². The second-order valence-corrected chi connectivity index (χ2v) is 25.1. The topological polar surface area (TPSA) is 0 Å². The summed E-state index contributed by atoms with van der Waals surface area (Å²) in [7, 11) is 0. The van der Waals surface area contributed by atoms with Crippen LogP contribution >= 0.6 is 31.9 Å². The van der Waals surface area contributed by atoms with Gasteiger partial charge in [-0.1, -0.05) is 242 Å². The zero-order valence-corrected chi connectivity index (χ0v) is 43.9. The normalized spacial score (nSPS) is 15.1.